The van der Waals surface area contributed by atoms with E-state index in [0.29, 0.717) is 6.07 Å². The molecule has 1 aliphatic rings. The van der Waals surface area contributed by atoms with E-state index in [4.69, 9.17) is 57.9 Å². The zero-order valence-corrected chi connectivity index (χ0v) is 46.2. The molecular formula is C61H4F14N22. The highest BCUT2D eigenvalue weighted by Gasteiger charge is 2.45. The van der Waals surface area contributed by atoms with Crippen LogP contribution in [0.5, 0.6) is 0 Å². The van der Waals surface area contributed by atoms with Crippen molar-refractivity contribution >= 4 is 78.4 Å². The number of nitriles is 12. The van der Waals surface area contributed by atoms with Gasteiger partial charge in [0.15, 0.2) is 104 Å². The van der Waals surface area contributed by atoms with Crippen molar-refractivity contribution in [3.05, 3.63) is 216 Å². The molecule has 3 aromatic heterocycles. The normalized spacial score (nSPS) is 12.1. The summed E-state index contributed by atoms with van der Waals surface area (Å²) in [6.07, 6.45) is 0. The third kappa shape index (κ3) is 11.0. The van der Waals surface area contributed by atoms with Crippen LogP contribution >= 0.6 is 0 Å². The molecule has 1 saturated carbocycles. The van der Waals surface area contributed by atoms with Gasteiger partial charge >= 0.3 is 11.6 Å². The van der Waals surface area contributed by atoms with Crippen molar-refractivity contribution in [3.63, 3.8) is 0 Å². The molecule has 8 aromatic rings. The lowest BCUT2D eigenvalue weighted by Crippen LogP contribution is -2.31. The lowest BCUT2D eigenvalue weighted by Gasteiger charge is -2.08. The molecule has 0 amide bonds. The summed E-state index contributed by atoms with van der Waals surface area (Å²) in [4.78, 5) is 36.2. The summed E-state index contributed by atoms with van der Waals surface area (Å²) < 4.78 is 203. The van der Waals surface area contributed by atoms with Crippen LogP contribution in [-0.2, 0) is 0 Å². The molecule has 9 rings (SSSR count). The summed E-state index contributed by atoms with van der Waals surface area (Å²) in [5.74, 6) is -31.3. The summed E-state index contributed by atoms with van der Waals surface area (Å²) in [5.41, 5.74) is -20.7. The average molecular weight is 1310 g/mol. The van der Waals surface area contributed by atoms with Gasteiger partial charge in [-0.2, -0.15) is 63.1 Å². The van der Waals surface area contributed by atoms with E-state index in [9.17, 15) is 71.1 Å². The third-order valence-corrected chi connectivity index (χ3v) is 12.9. The molecule has 0 N–H and O–H groups in total. The number of allylic oxidation sites excluding steroid dienone is 5. The number of hydrogen-bond acceptors (Lipinski definition) is 18. The number of rotatable bonds is 3. The fraction of sp³-hybridized carbons (Fsp3) is 0.0164. The molecule has 0 unspecified atom stereocenters. The standard InChI is InChI=1S/C31H4F10N6.C18N12.C12F4N4/c1-9-4-10(20(32)21(33)11(9)5-42)12(6-43)15-16(13(7-44)17-24(36)28(40)31(47-3)29(41)25(17)37)18(15)30(46-2)19-26(38)22(34)14(8-45)23(35)27(19)39;1-23-17-9(5-21)27-13-11-12(26-8(4-20)7(3-19)25-11)14-16(15(13)29-17)30-18(24-2)10(6-22)28-14;13-9-7(5(1-17)2-18)10(14)12(16)8(11(9)15)6(3-19)4-20/h4H,1H3;;. The largest absolute Gasteiger partial charge is 0.358 e. The second-order valence-corrected chi connectivity index (χ2v) is 17.8. The van der Waals surface area contributed by atoms with Crippen LogP contribution in [-0.4, -0.2) is 29.9 Å². The predicted octanol–water partition coefficient (Wildman–Crippen LogP) is 11.0. The fourth-order valence-electron chi connectivity index (χ4n) is 8.68. The Morgan fingerprint density at radius 2 is 0.691 bits per heavy atom. The van der Waals surface area contributed by atoms with E-state index >= 15 is 22.0 Å². The zero-order chi connectivity index (χ0) is 72.1. The van der Waals surface area contributed by atoms with E-state index in [-0.39, 0.29) is 73.1 Å². The smallest absolute Gasteiger partial charge is 0.307 e. The molecule has 22 nitrogen and oxygen atoms in total. The minimum Gasteiger partial charge on any atom is -0.358 e. The highest BCUT2D eigenvalue weighted by Crippen LogP contribution is 2.58. The Morgan fingerprint density at radius 1 is 0.351 bits per heavy atom. The number of benzene rings is 5. The van der Waals surface area contributed by atoms with Gasteiger partial charge in [0.2, 0.25) is 16.7 Å². The first-order valence-corrected chi connectivity index (χ1v) is 24.4. The molecule has 1 aliphatic carbocycles. The van der Waals surface area contributed by atoms with Crippen LogP contribution in [0.15, 0.2) is 22.8 Å². The van der Waals surface area contributed by atoms with Gasteiger partial charge in [0, 0.05) is 5.56 Å². The molecule has 5 aromatic carbocycles. The molecule has 0 saturated heterocycles. The third-order valence-electron chi connectivity index (χ3n) is 12.9. The molecule has 0 aliphatic heterocycles. The Balaban J connectivity index is 0.000000226. The highest BCUT2D eigenvalue weighted by atomic mass is 19.2. The summed E-state index contributed by atoms with van der Waals surface area (Å²) in [6.45, 7) is 29.8. The molecule has 0 radical (unpaired) electrons. The van der Waals surface area contributed by atoms with Gasteiger partial charge in [-0.15, -0.1) is 9.97 Å². The maximum absolute atomic E-state index is 15.2. The Morgan fingerprint density at radius 3 is 1.01 bits per heavy atom. The maximum Gasteiger partial charge on any atom is 0.307 e. The number of halogens is 14. The van der Waals surface area contributed by atoms with E-state index in [1.54, 1.807) is 24.3 Å². The molecule has 0 bridgehead atoms. The van der Waals surface area contributed by atoms with Crippen molar-refractivity contribution < 1.29 is 61.5 Å². The Bertz CT molecular complexity index is 5440. The van der Waals surface area contributed by atoms with Crippen molar-refractivity contribution in [2.75, 3.05) is 0 Å². The number of aryl methyl sites for hydroxylation is 1. The van der Waals surface area contributed by atoms with Gasteiger partial charge in [0.25, 0.3) is 5.69 Å². The SMILES string of the molecule is N#CC(C#N)=c1c(F)c(F)c(=C(C#N)C#N)c(F)c1F.[C-]#[N+]C(=C1C(=C(C#N)c2cc(C)c(C#N)c(F)c2F)C1=C(C#N)c1c(F)c(F)c([N+]#[C-])c(F)c1F)c1c(F)c(F)c(C#N)c(F)c1F.[C-]#[N+]c1nc2c(nc1C#N)c1nc(C#N)c(C#N)nc1c1nc(C#N)c([N+]#[C-])nc12. The van der Waals surface area contributed by atoms with Crippen LogP contribution < -0.4 is 10.4 Å². The van der Waals surface area contributed by atoms with Gasteiger partial charge in [-0.05, 0) is 35.3 Å². The number of fused-ring (bicyclic) bond motifs is 6. The molecule has 36 heteroatoms. The van der Waals surface area contributed by atoms with Crippen molar-refractivity contribution in [1.29, 1.82) is 63.1 Å². The van der Waals surface area contributed by atoms with Crippen molar-refractivity contribution in [1.82, 2.24) is 29.9 Å². The van der Waals surface area contributed by atoms with Gasteiger partial charge in [0.05, 0.1) is 51.4 Å². The first kappa shape index (κ1) is 68.4. The molecule has 1 fully saturated rings. The van der Waals surface area contributed by atoms with E-state index in [2.05, 4.69) is 49.3 Å². The lowest BCUT2D eigenvalue weighted by atomic mass is 9.97. The van der Waals surface area contributed by atoms with Gasteiger partial charge in [-0.1, -0.05) is 13.1 Å². The summed E-state index contributed by atoms with van der Waals surface area (Å²) >= 11 is 0. The summed E-state index contributed by atoms with van der Waals surface area (Å²) in [5, 5.41) is 106. The molecule has 456 valence electrons. The summed E-state index contributed by atoms with van der Waals surface area (Å²) in [7, 11) is 0. The Labute approximate surface area is 527 Å². The van der Waals surface area contributed by atoms with Gasteiger partial charge in [0.1, 0.15) is 112 Å². The number of nitrogens with zero attached hydrogens (tertiary/aromatic N) is 22. The van der Waals surface area contributed by atoms with E-state index in [1.807, 2.05) is 0 Å². The van der Waals surface area contributed by atoms with Crippen LogP contribution in [0.25, 0.3) is 80.5 Å². The van der Waals surface area contributed by atoms with Crippen molar-refractivity contribution in [2.24, 2.45) is 0 Å². The molecule has 3 heterocycles. The van der Waals surface area contributed by atoms with Crippen LogP contribution in [0.4, 0.5) is 78.8 Å². The Hall–Kier alpha value is -16.1. The number of hydrogen-bond donors (Lipinski definition) is 0. The van der Waals surface area contributed by atoms with E-state index < -0.39 is 170 Å². The maximum atomic E-state index is 15.2. The minimum atomic E-state index is -2.39. The fourth-order valence-corrected chi connectivity index (χ4v) is 8.68. The lowest BCUT2D eigenvalue weighted by molar-refractivity contribution is 0.434. The molecule has 97 heavy (non-hydrogen) atoms. The first-order chi connectivity index (χ1) is 46.2. The second kappa shape index (κ2) is 27.0. The van der Waals surface area contributed by atoms with Gasteiger partial charge in [-0.3, -0.25) is 0 Å². The quantitative estimate of drug-likeness (QED) is 0.0521. The number of aromatic nitrogens is 6. The highest BCUT2D eigenvalue weighted by molar-refractivity contribution is 6.19. The van der Waals surface area contributed by atoms with Crippen LogP contribution in [0, 0.1) is 251 Å². The predicted molar refractivity (Wildman–Crippen MR) is 290 cm³/mol. The second-order valence-electron chi connectivity index (χ2n) is 17.8. The molecule has 0 spiro atoms. The van der Waals surface area contributed by atoms with Crippen molar-refractivity contribution in [2.45, 2.75) is 6.92 Å². The average Bonchev–Trinajstić information content (AvgIpc) is 1.57. The van der Waals surface area contributed by atoms with E-state index in [0.717, 1.165) is 43.3 Å². The first-order valence-electron chi connectivity index (χ1n) is 24.4. The van der Waals surface area contributed by atoms with Crippen LogP contribution in [0.3, 0.4) is 0 Å². The Kier molecular flexibility index (Phi) is 19.0. The molecule has 0 atom stereocenters. The van der Waals surface area contributed by atoms with E-state index in [1.165, 1.54) is 12.1 Å². The van der Waals surface area contributed by atoms with Crippen LogP contribution in [0.1, 0.15) is 56.2 Å². The molecular weight excluding hydrogens is 1310 g/mol. The van der Waals surface area contributed by atoms with Gasteiger partial charge < -0.3 is 9.69 Å². The van der Waals surface area contributed by atoms with Gasteiger partial charge in [-0.25, -0.2) is 91.1 Å². The van der Waals surface area contributed by atoms with Crippen LogP contribution in [0.2, 0.25) is 0 Å². The van der Waals surface area contributed by atoms with Crippen molar-refractivity contribution in [3.8, 4) is 72.8 Å². The minimum absolute atomic E-state index is 0.00714. The zero-order valence-electron chi connectivity index (χ0n) is 46.2. The summed E-state index contributed by atoms with van der Waals surface area (Å²) in [6, 6.07) is 16.7. The monoisotopic (exact) mass is 1310 g/mol. The topological polar surface area (TPSA) is 380 Å².